The van der Waals surface area contributed by atoms with Gasteiger partial charge in [-0.2, -0.15) is 5.01 Å². The molecule has 3 aliphatic rings. The molecule has 2 amide bonds. The number of aromatic hydroxyl groups is 1. The summed E-state index contributed by atoms with van der Waals surface area (Å²) in [4.78, 5) is 78.3. The first-order valence-electron chi connectivity index (χ1n) is 20.3. The van der Waals surface area contributed by atoms with Crippen LogP contribution in [0.15, 0.2) is 95.6 Å². The third kappa shape index (κ3) is 6.75. The SMILES string of the molecule is COc1ccc(C23C(=O)N(Nc4ccc(Cl)cc4Cl)C(=O)C2CC2C(=CCn4c(=O)n(CCc5nc6cc(OC)c(OC)cc6n(C)c5=O)c(=O)n42)C3c2cc(OC)c(O)c(Br)c2Br)cc1. The number of phenolic OH excluding ortho intramolecular Hbond substituents is 1. The number of carbonyl (C=O) groups is 2. The summed E-state index contributed by atoms with van der Waals surface area (Å²) in [5.74, 6) is -2.36. The number of aryl methyl sites for hydroxylation is 2. The fourth-order valence-corrected chi connectivity index (χ4v) is 11.2. The molecule has 342 valence electrons. The lowest BCUT2D eigenvalue weighted by molar-refractivity contribution is -0.138. The first-order valence-corrected chi connectivity index (χ1v) is 22.7. The van der Waals surface area contributed by atoms with Crippen molar-refractivity contribution in [2.75, 3.05) is 33.9 Å². The summed E-state index contributed by atoms with van der Waals surface area (Å²) in [5.41, 5.74) is 2.16. The number of amides is 2. The van der Waals surface area contributed by atoms with Gasteiger partial charge in [-0.25, -0.2) is 28.5 Å². The van der Waals surface area contributed by atoms with Gasteiger partial charge in [0.25, 0.3) is 17.4 Å². The van der Waals surface area contributed by atoms with Crippen LogP contribution in [0.3, 0.4) is 0 Å². The normalized spacial score (nSPS) is 19.9. The molecule has 0 spiro atoms. The van der Waals surface area contributed by atoms with Crippen LogP contribution in [0.1, 0.15) is 35.2 Å². The van der Waals surface area contributed by atoms with Gasteiger partial charge in [0.2, 0.25) is 0 Å². The second kappa shape index (κ2) is 17.0. The molecule has 1 saturated carbocycles. The van der Waals surface area contributed by atoms with Crippen LogP contribution in [-0.2, 0) is 41.6 Å². The number of anilines is 1. The number of allylic oxidation sites excluding steroid dienone is 2. The zero-order chi connectivity index (χ0) is 47.1. The van der Waals surface area contributed by atoms with Crippen molar-refractivity contribution in [2.24, 2.45) is 13.0 Å². The van der Waals surface area contributed by atoms with Gasteiger partial charge in [0, 0.05) is 47.6 Å². The fourth-order valence-electron chi connectivity index (χ4n) is 9.76. The number of nitrogens with zero attached hydrogens (tertiary/aromatic N) is 6. The molecule has 6 aromatic rings. The van der Waals surface area contributed by atoms with Crippen molar-refractivity contribution in [1.82, 2.24) is 28.5 Å². The minimum absolute atomic E-state index is 0.0611. The Morgan fingerprint density at radius 1 is 0.864 bits per heavy atom. The number of ether oxygens (including phenoxy) is 4. The number of hydrogen-bond donors (Lipinski definition) is 2. The zero-order valence-corrected chi connectivity index (χ0v) is 40.4. The minimum Gasteiger partial charge on any atom is -0.503 e. The molecule has 17 nitrogen and oxygen atoms in total. The maximum absolute atomic E-state index is 15.7. The van der Waals surface area contributed by atoms with Crippen molar-refractivity contribution in [2.45, 2.75) is 43.3 Å². The highest BCUT2D eigenvalue weighted by Gasteiger charge is 2.69. The number of rotatable bonds is 11. The first kappa shape index (κ1) is 45.1. The minimum atomic E-state index is -1.73. The molecular formula is C45H39Br2Cl2N7O10. The Morgan fingerprint density at radius 3 is 2.23 bits per heavy atom. The quantitative estimate of drug-likeness (QED) is 0.106. The third-order valence-corrected chi connectivity index (χ3v) is 15.6. The number of carbonyl (C=O) groups excluding carboxylic acids is 2. The lowest BCUT2D eigenvalue weighted by atomic mass is 9.53. The molecule has 2 fully saturated rings. The molecular weight excluding hydrogens is 1030 g/mol. The molecule has 2 aliphatic heterocycles. The van der Waals surface area contributed by atoms with Gasteiger partial charge < -0.3 is 28.6 Å². The van der Waals surface area contributed by atoms with E-state index in [1.54, 1.807) is 67.7 Å². The highest BCUT2D eigenvalue weighted by molar-refractivity contribution is 9.13. The Kier molecular flexibility index (Phi) is 11.6. The largest absolute Gasteiger partial charge is 0.503 e. The summed E-state index contributed by atoms with van der Waals surface area (Å²) in [5, 5.41) is 12.6. The second-order valence-electron chi connectivity index (χ2n) is 15.9. The topological polar surface area (TPSA) is 190 Å². The van der Waals surface area contributed by atoms with Crippen molar-refractivity contribution in [3.05, 3.63) is 139 Å². The van der Waals surface area contributed by atoms with Crippen LogP contribution >= 0.6 is 55.1 Å². The Bertz CT molecular complexity index is 3260. The van der Waals surface area contributed by atoms with E-state index < -0.39 is 52.0 Å². The van der Waals surface area contributed by atoms with E-state index in [1.807, 2.05) is 0 Å². The molecule has 4 aromatic carbocycles. The standard InChI is InChI=1S/C45H39Br2Cl2N7O10/c1-52-32-20-34(65-4)33(64-3)19-30(32)50-29(41(52)59)13-14-53-43(61)54-15-12-24-31(56(54)44(53)62)18-26-40(58)55(51-28-11-8-22(48)16-27(28)49)42(60)45(26,21-6-9-23(63-2)10-7-21)36(24)25-17-35(66-5)39(57)38(47)37(25)46/h6-12,16-17,19-20,26,31,36,51,57H,13-15,18H2,1-5H3. The summed E-state index contributed by atoms with van der Waals surface area (Å²) < 4.78 is 27.7. The second-order valence-corrected chi connectivity index (χ2v) is 18.3. The van der Waals surface area contributed by atoms with Crippen molar-refractivity contribution in [3.63, 3.8) is 0 Å². The van der Waals surface area contributed by atoms with Crippen molar-refractivity contribution in [3.8, 4) is 28.7 Å². The van der Waals surface area contributed by atoms with E-state index >= 15 is 9.59 Å². The van der Waals surface area contributed by atoms with Gasteiger partial charge in [-0.1, -0.05) is 41.4 Å². The van der Waals surface area contributed by atoms with Crippen molar-refractivity contribution < 1.29 is 33.6 Å². The third-order valence-electron chi connectivity index (χ3n) is 12.8. The van der Waals surface area contributed by atoms with Crippen LogP contribution < -0.4 is 41.3 Å². The van der Waals surface area contributed by atoms with Crippen LogP contribution in [0.4, 0.5) is 5.69 Å². The van der Waals surface area contributed by atoms with E-state index in [1.165, 1.54) is 48.4 Å². The predicted molar refractivity (Wildman–Crippen MR) is 251 cm³/mol. The van der Waals surface area contributed by atoms with E-state index in [9.17, 15) is 19.5 Å². The van der Waals surface area contributed by atoms with Crippen LogP contribution in [0.5, 0.6) is 28.7 Å². The summed E-state index contributed by atoms with van der Waals surface area (Å²) in [7, 11) is 7.46. The number of hydrazine groups is 1. The summed E-state index contributed by atoms with van der Waals surface area (Å²) >= 11 is 20.0. The van der Waals surface area contributed by atoms with Crippen LogP contribution in [0, 0.1) is 5.92 Å². The Morgan fingerprint density at radius 2 is 1.56 bits per heavy atom. The summed E-state index contributed by atoms with van der Waals surface area (Å²) in [6.07, 6.45) is 1.61. The molecule has 4 heterocycles. The number of halogens is 4. The molecule has 1 aliphatic carbocycles. The highest BCUT2D eigenvalue weighted by atomic mass is 79.9. The first-order chi connectivity index (χ1) is 31.6. The Hall–Kier alpha value is -6.02. The monoisotopic (exact) mass is 1070 g/mol. The van der Waals surface area contributed by atoms with Crippen LogP contribution in [0.2, 0.25) is 10.0 Å². The van der Waals surface area contributed by atoms with E-state index in [-0.39, 0.29) is 58.3 Å². The lowest BCUT2D eigenvalue weighted by Gasteiger charge is -2.49. The molecule has 4 atom stereocenters. The van der Waals surface area contributed by atoms with Gasteiger partial charge in [-0.05, 0) is 91.4 Å². The van der Waals surface area contributed by atoms with E-state index in [0.29, 0.717) is 54.5 Å². The molecule has 21 heteroatoms. The molecule has 9 rings (SSSR count). The highest BCUT2D eigenvalue weighted by Crippen LogP contribution is 2.64. The lowest BCUT2D eigenvalue weighted by Crippen LogP contribution is -2.53. The number of benzene rings is 4. The smallest absolute Gasteiger partial charge is 0.347 e. The van der Waals surface area contributed by atoms with Crippen LogP contribution in [-0.4, -0.2) is 73.9 Å². The molecule has 1 saturated heterocycles. The van der Waals surface area contributed by atoms with E-state index in [4.69, 9.17) is 42.1 Å². The van der Waals surface area contributed by atoms with E-state index in [2.05, 4.69) is 42.3 Å². The van der Waals surface area contributed by atoms with Crippen LogP contribution in [0.25, 0.3) is 11.0 Å². The maximum Gasteiger partial charge on any atom is 0.347 e. The fraction of sp³-hybridized carbons (Fsp3) is 0.289. The number of nitrogens with one attached hydrogen (secondary N) is 1. The Balaban J connectivity index is 1.21. The maximum atomic E-state index is 15.7. The summed E-state index contributed by atoms with van der Waals surface area (Å²) in [6, 6.07) is 15.3. The number of hydrogen-bond acceptors (Lipinski definition) is 12. The van der Waals surface area contributed by atoms with Gasteiger partial charge >= 0.3 is 11.4 Å². The average molecular weight is 1070 g/mol. The van der Waals surface area contributed by atoms with Gasteiger partial charge in [0.05, 0.1) is 78.6 Å². The number of aromatic nitrogens is 5. The molecule has 0 bridgehead atoms. The number of imide groups is 1. The van der Waals surface area contributed by atoms with Crippen molar-refractivity contribution >= 4 is 83.6 Å². The number of fused-ring (bicyclic) bond motifs is 5. The molecule has 4 unspecified atom stereocenters. The van der Waals surface area contributed by atoms with Gasteiger partial charge in [0.15, 0.2) is 23.0 Å². The molecule has 66 heavy (non-hydrogen) atoms. The van der Waals surface area contributed by atoms with E-state index in [0.717, 1.165) is 9.58 Å². The molecule has 2 aromatic heterocycles. The molecule has 2 N–H and O–H groups in total. The average Bonchev–Trinajstić information content (AvgIpc) is 3.69. The zero-order valence-electron chi connectivity index (χ0n) is 35.7. The molecule has 0 radical (unpaired) electrons. The van der Waals surface area contributed by atoms with Gasteiger partial charge in [-0.3, -0.25) is 19.8 Å². The number of methoxy groups -OCH3 is 4. The Labute approximate surface area is 401 Å². The van der Waals surface area contributed by atoms with Gasteiger partial charge in [-0.15, -0.1) is 0 Å². The van der Waals surface area contributed by atoms with Crippen molar-refractivity contribution in [1.29, 1.82) is 0 Å². The van der Waals surface area contributed by atoms with Gasteiger partial charge in [0.1, 0.15) is 11.4 Å². The summed E-state index contributed by atoms with van der Waals surface area (Å²) in [6.45, 7) is -0.302. The predicted octanol–water partition coefficient (Wildman–Crippen LogP) is 6.49. The number of phenols is 1.